The van der Waals surface area contributed by atoms with Crippen molar-refractivity contribution in [2.24, 2.45) is 0 Å². The van der Waals surface area contributed by atoms with Crippen molar-refractivity contribution in [3.63, 3.8) is 0 Å². The van der Waals surface area contributed by atoms with Gasteiger partial charge in [0.05, 0.1) is 12.0 Å². The molecule has 0 aromatic carbocycles. The van der Waals surface area contributed by atoms with E-state index in [1.807, 2.05) is 0 Å². The van der Waals surface area contributed by atoms with Crippen LogP contribution < -0.4 is 5.32 Å². The van der Waals surface area contributed by atoms with Crippen LogP contribution in [0.15, 0.2) is 0 Å². The number of carbonyl (C=O) groups excluding carboxylic acids is 1. The van der Waals surface area contributed by atoms with E-state index in [1.54, 1.807) is 0 Å². The first-order chi connectivity index (χ1) is 7.31. The molecule has 0 aromatic rings. The molecule has 4 nitrogen and oxygen atoms in total. The quantitative estimate of drug-likeness (QED) is 0.759. The zero-order valence-electron chi connectivity index (χ0n) is 9.06. The fourth-order valence-electron chi connectivity index (χ4n) is 1.73. The summed E-state index contributed by atoms with van der Waals surface area (Å²) in [6.45, 7) is 1.21. The Morgan fingerprint density at radius 2 is 2.00 bits per heavy atom. The van der Waals surface area contributed by atoms with Crippen molar-refractivity contribution < 1.29 is 23.5 Å². The van der Waals surface area contributed by atoms with Gasteiger partial charge in [-0.15, -0.1) is 0 Å². The van der Waals surface area contributed by atoms with Crippen molar-refractivity contribution in [3.05, 3.63) is 0 Å². The van der Waals surface area contributed by atoms with E-state index in [4.69, 9.17) is 5.11 Å². The van der Waals surface area contributed by atoms with Gasteiger partial charge in [0.25, 0.3) is 5.91 Å². The highest BCUT2D eigenvalue weighted by Gasteiger charge is 2.46. The first kappa shape index (κ1) is 12.9. The molecule has 1 aliphatic carbocycles. The van der Waals surface area contributed by atoms with Crippen molar-refractivity contribution in [1.29, 1.82) is 0 Å². The lowest BCUT2D eigenvalue weighted by Crippen LogP contribution is -2.58. The zero-order chi connectivity index (χ0) is 12.4. The van der Waals surface area contributed by atoms with Crippen molar-refractivity contribution in [3.8, 4) is 0 Å². The van der Waals surface area contributed by atoms with E-state index in [0.717, 1.165) is 6.42 Å². The predicted octanol–water partition coefficient (Wildman–Crippen LogP) is 1.55. The molecular formula is C10H15F2NO3. The number of alkyl halides is 2. The van der Waals surface area contributed by atoms with Crippen molar-refractivity contribution in [2.45, 2.75) is 50.5 Å². The van der Waals surface area contributed by atoms with Gasteiger partial charge in [-0.25, -0.2) is 0 Å². The van der Waals surface area contributed by atoms with Gasteiger partial charge in [0.15, 0.2) is 0 Å². The van der Waals surface area contributed by atoms with E-state index in [0.29, 0.717) is 12.8 Å². The van der Waals surface area contributed by atoms with Crippen LogP contribution in [0.3, 0.4) is 0 Å². The van der Waals surface area contributed by atoms with E-state index < -0.39 is 29.8 Å². The summed E-state index contributed by atoms with van der Waals surface area (Å²) in [5.74, 6) is -5.86. The van der Waals surface area contributed by atoms with Crippen LogP contribution in [-0.4, -0.2) is 28.4 Å². The average molecular weight is 235 g/mol. The maximum atomic E-state index is 13.0. The van der Waals surface area contributed by atoms with Gasteiger partial charge in [-0.05, 0) is 19.3 Å². The van der Waals surface area contributed by atoms with Crippen LogP contribution in [0.4, 0.5) is 8.78 Å². The van der Waals surface area contributed by atoms with Crippen LogP contribution >= 0.6 is 0 Å². The molecular weight excluding hydrogens is 220 g/mol. The van der Waals surface area contributed by atoms with Crippen LogP contribution in [0, 0.1) is 0 Å². The lowest BCUT2D eigenvalue weighted by Gasteiger charge is -2.42. The molecule has 0 unspecified atom stereocenters. The van der Waals surface area contributed by atoms with Crippen LogP contribution in [-0.2, 0) is 9.59 Å². The lowest BCUT2D eigenvalue weighted by molar-refractivity contribution is -0.151. The third-order valence-corrected chi connectivity index (χ3v) is 2.96. The monoisotopic (exact) mass is 235 g/mol. The number of carboxylic acids is 1. The Morgan fingerprint density at radius 3 is 2.31 bits per heavy atom. The predicted molar refractivity (Wildman–Crippen MR) is 52.2 cm³/mol. The number of hydrogen-bond acceptors (Lipinski definition) is 2. The highest BCUT2D eigenvalue weighted by Crippen LogP contribution is 2.36. The van der Waals surface area contributed by atoms with E-state index in [-0.39, 0.29) is 6.42 Å². The van der Waals surface area contributed by atoms with Gasteiger partial charge >= 0.3 is 11.9 Å². The molecule has 0 spiro atoms. The molecule has 0 aromatic heterocycles. The molecule has 0 bridgehead atoms. The summed E-state index contributed by atoms with van der Waals surface area (Å²) in [5.41, 5.74) is -0.957. The van der Waals surface area contributed by atoms with Gasteiger partial charge in [-0.1, -0.05) is 6.92 Å². The maximum absolute atomic E-state index is 13.0. The Morgan fingerprint density at radius 1 is 1.44 bits per heavy atom. The Labute approximate surface area is 92.0 Å². The minimum Gasteiger partial charge on any atom is -0.481 e. The second-order valence-corrected chi connectivity index (χ2v) is 4.22. The van der Waals surface area contributed by atoms with E-state index in [9.17, 15) is 18.4 Å². The smallest absolute Gasteiger partial charge is 0.324 e. The SMILES string of the molecule is CCC(F)(F)C(=O)NC1(CC(=O)O)CCC1. The fourth-order valence-corrected chi connectivity index (χ4v) is 1.73. The van der Waals surface area contributed by atoms with Gasteiger partial charge in [0.2, 0.25) is 0 Å². The van der Waals surface area contributed by atoms with Gasteiger partial charge in [-0.2, -0.15) is 8.78 Å². The first-order valence-electron chi connectivity index (χ1n) is 5.23. The number of amides is 1. The van der Waals surface area contributed by atoms with Crippen LogP contribution in [0.5, 0.6) is 0 Å². The lowest BCUT2D eigenvalue weighted by atomic mass is 9.74. The molecule has 1 saturated carbocycles. The molecule has 1 rings (SSSR count). The minimum absolute atomic E-state index is 0.293. The van der Waals surface area contributed by atoms with E-state index in [2.05, 4.69) is 5.32 Å². The van der Waals surface area contributed by atoms with Gasteiger partial charge < -0.3 is 10.4 Å². The largest absolute Gasteiger partial charge is 0.481 e. The number of rotatable bonds is 5. The summed E-state index contributed by atoms with van der Waals surface area (Å²) in [6.07, 6.45) is 0.779. The third kappa shape index (κ3) is 2.68. The Kier molecular flexibility index (Phi) is 3.50. The first-order valence-corrected chi connectivity index (χ1v) is 5.23. The van der Waals surface area contributed by atoms with Crippen LogP contribution in [0.1, 0.15) is 39.0 Å². The van der Waals surface area contributed by atoms with E-state index >= 15 is 0 Å². The number of nitrogens with one attached hydrogen (secondary N) is 1. The third-order valence-electron chi connectivity index (χ3n) is 2.96. The highest BCUT2D eigenvalue weighted by atomic mass is 19.3. The van der Waals surface area contributed by atoms with Gasteiger partial charge in [0.1, 0.15) is 0 Å². The fraction of sp³-hybridized carbons (Fsp3) is 0.800. The summed E-state index contributed by atoms with van der Waals surface area (Å²) in [5, 5.41) is 10.8. The molecule has 0 aliphatic heterocycles. The molecule has 0 atom stereocenters. The number of halogens is 2. The Hall–Kier alpha value is -1.20. The summed E-state index contributed by atoms with van der Waals surface area (Å²) in [6, 6.07) is 0. The molecule has 2 N–H and O–H groups in total. The second kappa shape index (κ2) is 4.35. The molecule has 0 heterocycles. The molecule has 1 fully saturated rings. The number of hydrogen-bond donors (Lipinski definition) is 2. The summed E-state index contributed by atoms with van der Waals surface area (Å²) < 4.78 is 26.0. The summed E-state index contributed by atoms with van der Waals surface area (Å²) >= 11 is 0. The minimum atomic E-state index is -3.42. The normalized spacial score (nSPS) is 18.7. The van der Waals surface area contributed by atoms with Gasteiger partial charge in [-0.3, -0.25) is 9.59 Å². The zero-order valence-corrected chi connectivity index (χ0v) is 9.06. The summed E-state index contributed by atoms with van der Waals surface area (Å²) in [7, 11) is 0. The molecule has 16 heavy (non-hydrogen) atoms. The van der Waals surface area contributed by atoms with E-state index in [1.165, 1.54) is 6.92 Å². The highest BCUT2D eigenvalue weighted by molar-refractivity contribution is 5.84. The number of carboxylic acid groups (broad SMARTS) is 1. The number of carbonyl (C=O) groups is 2. The van der Waals surface area contributed by atoms with Gasteiger partial charge in [0, 0.05) is 6.42 Å². The van der Waals surface area contributed by atoms with Crippen LogP contribution in [0.2, 0.25) is 0 Å². The molecule has 0 radical (unpaired) electrons. The molecule has 0 saturated heterocycles. The Balaban J connectivity index is 2.64. The number of aliphatic carboxylic acids is 1. The Bertz CT molecular complexity index is 300. The van der Waals surface area contributed by atoms with Crippen molar-refractivity contribution >= 4 is 11.9 Å². The van der Waals surface area contributed by atoms with Crippen molar-refractivity contribution in [1.82, 2.24) is 5.32 Å². The molecule has 6 heteroatoms. The molecule has 1 amide bonds. The standard InChI is InChI=1S/C10H15F2NO3/c1-2-10(11,12)8(16)13-9(4-3-5-9)6-7(14)15/h2-6H2,1H3,(H,13,16)(H,14,15). The second-order valence-electron chi connectivity index (χ2n) is 4.22. The molecule has 1 aliphatic rings. The average Bonchev–Trinajstić information content (AvgIpc) is 2.13. The topological polar surface area (TPSA) is 66.4 Å². The van der Waals surface area contributed by atoms with Crippen LogP contribution in [0.25, 0.3) is 0 Å². The molecule has 92 valence electrons. The maximum Gasteiger partial charge on any atom is 0.324 e. The summed E-state index contributed by atoms with van der Waals surface area (Å²) in [4.78, 5) is 21.8. The van der Waals surface area contributed by atoms with Crippen molar-refractivity contribution in [2.75, 3.05) is 0 Å².